The van der Waals surface area contributed by atoms with Crippen molar-refractivity contribution in [3.8, 4) is 5.75 Å². The van der Waals surface area contributed by atoms with E-state index >= 15 is 0 Å². The summed E-state index contributed by atoms with van der Waals surface area (Å²) in [6, 6.07) is 8.86. The van der Waals surface area contributed by atoms with Gasteiger partial charge in [0.25, 0.3) is 5.91 Å². The number of nitrogens with one attached hydrogen (secondary N) is 1. The zero-order valence-electron chi connectivity index (χ0n) is 14.0. The number of nitrogens with zero attached hydrogens (tertiary/aromatic N) is 2. The van der Waals surface area contributed by atoms with Crippen molar-refractivity contribution in [1.29, 1.82) is 0 Å². The molecule has 1 amide bonds. The zero-order chi connectivity index (χ0) is 18.5. The third kappa shape index (κ3) is 4.43. The van der Waals surface area contributed by atoms with E-state index in [0.717, 1.165) is 0 Å². The van der Waals surface area contributed by atoms with Crippen molar-refractivity contribution in [3.05, 3.63) is 70.6 Å². The summed E-state index contributed by atoms with van der Waals surface area (Å²) in [6.07, 6.45) is 1.71. The fourth-order valence-corrected chi connectivity index (χ4v) is 2.45. The van der Waals surface area contributed by atoms with Gasteiger partial charge in [-0.25, -0.2) is 4.39 Å². The van der Waals surface area contributed by atoms with E-state index in [1.807, 2.05) is 6.92 Å². The van der Waals surface area contributed by atoms with Crippen molar-refractivity contribution < 1.29 is 18.3 Å². The van der Waals surface area contributed by atoms with Crippen LogP contribution < -0.4 is 10.1 Å². The molecule has 0 atom stereocenters. The fourth-order valence-electron chi connectivity index (χ4n) is 2.23. The van der Waals surface area contributed by atoms with Crippen LogP contribution >= 0.6 is 11.6 Å². The molecule has 0 aliphatic heterocycles. The summed E-state index contributed by atoms with van der Waals surface area (Å²) in [6.45, 7) is 2.98. The van der Waals surface area contributed by atoms with Gasteiger partial charge in [-0.2, -0.15) is 5.10 Å². The van der Waals surface area contributed by atoms with Crippen LogP contribution in [-0.2, 0) is 19.7 Å². The highest BCUT2D eigenvalue weighted by Crippen LogP contribution is 2.16. The molecule has 2 aromatic heterocycles. The molecule has 2 heterocycles. The Balaban J connectivity index is 1.53. The highest BCUT2D eigenvalue weighted by molar-refractivity contribution is 6.31. The van der Waals surface area contributed by atoms with Gasteiger partial charge >= 0.3 is 0 Å². The van der Waals surface area contributed by atoms with E-state index in [1.54, 1.807) is 23.0 Å². The molecule has 0 radical (unpaired) electrons. The van der Waals surface area contributed by atoms with Gasteiger partial charge in [-0.1, -0.05) is 11.6 Å². The number of carbonyl (C=O) groups is 1. The van der Waals surface area contributed by atoms with Crippen LogP contribution in [0.15, 0.2) is 47.0 Å². The first-order chi connectivity index (χ1) is 12.5. The SMILES string of the molecule is CCn1cc(Cl)c(CNC(=O)c2ccc(COc3ccc(F)cc3)o2)n1. The molecular weight excluding hydrogens is 361 g/mol. The highest BCUT2D eigenvalue weighted by atomic mass is 35.5. The maximum Gasteiger partial charge on any atom is 0.287 e. The van der Waals surface area contributed by atoms with Crippen LogP contribution in [-0.4, -0.2) is 15.7 Å². The Labute approximate surface area is 154 Å². The number of aryl methyl sites for hydroxylation is 1. The molecule has 0 unspecified atom stereocenters. The number of aromatic nitrogens is 2. The third-order valence-electron chi connectivity index (χ3n) is 3.61. The van der Waals surface area contributed by atoms with Gasteiger partial charge in [0.1, 0.15) is 29.6 Å². The number of rotatable bonds is 7. The summed E-state index contributed by atoms with van der Waals surface area (Å²) >= 11 is 6.07. The molecule has 0 spiro atoms. The molecular formula is C18H17ClFN3O3. The van der Waals surface area contributed by atoms with E-state index < -0.39 is 0 Å². The summed E-state index contributed by atoms with van der Waals surface area (Å²) in [5, 5.41) is 7.47. The molecule has 3 aromatic rings. The molecule has 0 saturated heterocycles. The Hall–Kier alpha value is -2.80. The van der Waals surface area contributed by atoms with E-state index in [-0.39, 0.29) is 30.6 Å². The number of furan rings is 1. The monoisotopic (exact) mass is 377 g/mol. The van der Waals surface area contributed by atoms with Crippen molar-refractivity contribution in [1.82, 2.24) is 15.1 Å². The number of ether oxygens (including phenoxy) is 1. The molecule has 3 rings (SSSR count). The molecule has 6 nitrogen and oxygen atoms in total. The van der Waals surface area contributed by atoms with Crippen LogP contribution in [0.4, 0.5) is 4.39 Å². The lowest BCUT2D eigenvalue weighted by molar-refractivity contribution is 0.0918. The Bertz CT molecular complexity index is 889. The Kier molecular flexibility index (Phi) is 5.58. The van der Waals surface area contributed by atoms with Crippen molar-refractivity contribution in [3.63, 3.8) is 0 Å². The molecule has 8 heteroatoms. The minimum Gasteiger partial charge on any atom is -0.486 e. The fraction of sp³-hybridized carbons (Fsp3) is 0.222. The van der Waals surface area contributed by atoms with Crippen LogP contribution in [0.25, 0.3) is 0 Å². The Morgan fingerprint density at radius 1 is 1.31 bits per heavy atom. The maximum atomic E-state index is 12.9. The van der Waals surface area contributed by atoms with Gasteiger partial charge in [0.15, 0.2) is 5.76 Å². The number of hydrogen-bond acceptors (Lipinski definition) is 4. The summed E-state index contributed by atoms with van der Waals surface area (Å²) in [4.78, 5) is 12.2. The second kappa shape index (κ2) is 8.05. The molecule has 0 saturated carbocycles. The van der Waals surface area contributed by atoms with E-state index in [0.29, 0.717) is 28.8 Å². The molecule has 1 N–H and O–H groups in total. The van der Waals surface area contributed by atoms with Gasteiger partial charge < -0.3 is 14.5 Å². The number of amides is 1. The molecule has 0 bridgehead atoms. The first kappa shape index (κ1) is 18.0. The second-order valence-corrected chi connectivity index (χ2v) is 5.88. The number of halogens is 2. The van der Waals surface area contributed by atoms with Gasteiger partial charge in [-0.3, -0.25) is 9.48 Å². The topological polar surface area (TPSA) is 69.3 Å². The standard InChI is InChI=1S/C18H17ClFN3O3/c1-2-23-10-15(19)16(22-23)9-21-18(24)17-8-7-14(26-17)11-25-13-5-3-12(20)4-6-13/h3-8,10H,2,9,11H2,1H3,(H,21,24). The summed E-state index contributed by atoms with van der Waals surface area (Å²) in [7, 11) is 0. The zero-order valence-corrected chi connectivity index (χ0v) is 14.8. The summed E-state index contributed by atoms with van der Waals surface area (Å²) < 4.78 is 25.5. The van der Waals surface area contributed by atoms with Gasteiger partial charge in [-0.15, -0.1) is 0 Å². The minimum absolute atomic E-state index is 0.131. The van der Waals surface area contributed by atoms with E-state index in [1.165, 1.54) is 24.3 Å². The average molecular weight is 378 g/mol. The minimum atomic E-state index is -0.375. The average Bonchev–Trinajstić information content (AvgIpc) is 3.26. The second-order valence-electron chi connectivity index (χ2n) is 5.47. The highest BCUT2D eigenvalue weighted by Gasteiger charge is 2.13. The summed E-state index contributed by atoms with van der Waals surface area (Å²) in [5.74, 6) is 0.440. The maximum absolute atomic E-state index is 12.9. The third-order valence-corrected chi connectivity index (χ3v) is 3.92. The first-order valence-corrected chi connectivity index (χ1v) is 8.40. The largest absolute Gasteiger partial charge is 0.486 e. The molecule has 0 aliphatic rings. The van der Waals surface area contributed by atoms with Crippen LogP contribution in [0.3, 0.4) is 0 Å². The lowest BCUT2D eigenvalue weighted by Crippen LogP contribution is -2.22. The molecule has 26 heavy (non-hydrogen) atoms. The first-order valence-electron chi connectivity index (χ1n) is 8.02. The van der Waals surface area contributed by atoms with Crippen LogP contribution in [0.5, 0.6) is 5.75 Å². The van der Waals surface area contributed by atoms with Crippen LogP contribution in [0.1, 0.15) is 28.9 Å². The number of carbonyl (C=O) groups excluding carboxylic acids is 1. The van der Waals surface area contributed by atoms with Gasteiger partial charge in [0.2, 0.25) is 0 Å². The predicted octanol–water partition coefficient (Wildman–Crippen LogP) is 3.80. The number of hydrogen-bond donors (Lipinski definition) is 1. The van der Waals surface area contributed by atoms with Crippen LogP contribution in [0.2, 0.25) is 5.02 Å². The van der Waals surface area contributed by atoms with E-state index in [2.05, 4.69) is 10.4 Å². The quantitative estimate of drug-likeness (QED) is 0.680. The van der Waals surface area contributed by atoms with Crippen molar-refractivity contribution >= 4 is 17.5 Å². The van der Waals surface area contributed by atoms with E-state index in [9.17, 15) is 9.18 Å². The predicted molar refractivity (Wildman–Crippen MR) is 93.5 cm³/mol. The van der Waals surface area contributed by atoms with Gasteiger partial charge in [0, 0.05) is 12.7 Å². The lowest BCUT2D eigenvalue weighted by atomic mass is 10.3. The summed E-state index contributed by atoms with van der Waals surface area (Å²) in [5.41, 5.74) is 0.591. The molecule has 136 valence electrons. The van der Waals surface area contributed by atoms with Gasteiger partial charge in [0.05, 0.1) is 11.6 Å². The van der Waals surface area contributed by atoms with Crippen molar-refractivity contribution in [2.24, 2.45) is 0 Å². The molecule has 0 aliphatic carbocycles. The Morgan fingerprint density at radius 2 is 2.08 bits per heavy atom. The lowest BCUT2D eigenvalue weighted by Gasteiger charge is -2.04. The number of benzene rings is 1. The normalized spacial score (nSPS) is 10.7. The van der Waals surface area contributed by atoms with Crippen molar-refractivity contribution in [2.45, 2.75) is 26.6 Å². The van der Waals surface area contributed by atoms with Crippen molar-refractivity contribution in [2.75, 3.05) is 0 Å². The van der Waals surface area contributed by atoms with Gasteiger partial charge in [-0.05, 0) is 43.3 Å². The molecule has 1 aromatic carbocycles. The van der Waals surface area contributed by atoms with E-state index in [4.69, 9.17) is 20.8 Å². The van der Waals surface area contributed by atoms with Crippen LogP contribution in [0, 0.1) is 5.82 Å². The molecule has 0 fully saturated rings. The smallest absolute Gasteiger partial charge is 0.287 e. The Morgan fingerprint density at radius 3 is 2.77 bits per heavy atom.